The molecule has 0 aliphatic carbocycles. The minimum Gasteiger partial charge on any atom is -0.461 e. The van der Waals surface area contributed by atoms with Crippen LogP contribution in [0.1, 0.15) is 22.2 Å². The standard InChI is InChI=1S/C20H21N3O5/c24-18(15-4-2-10-28-15)16-17(14-3-1-5-21-13-14)23(20(26)19(16)25)7-6-22-8-11-27-12-9-22/h1-5,10,13,16-17H,6-9,11-12H2. The Morgan fingerprint density at radius 3 is 2.64 bits per heavy atom. The van der Waals surface area contributed by atoms with Gasteiger partial charge >= 0.3 is 0 Å². The van der Waals surface area contributed by atoms with E-state index in [2.05, 4.69) is 9.88 Å². The summed E-state index contributed by atoms with van der Waals surface area (Å²) >= 11 is 0. The monoisotopic (exact) mass is 383 g/mol. The Kier molecular flexibility index (Phi) is 5.31. The number of aromatic nitrogens is 1. The summed E-state index contributed by atoms with van der Waals surface area (Å²) in [4.78, 5) is 46.3. The molecular formula is C20H21N3O5. The number of ketones is 2. The van der Waals surface area contributed by atoms with Gasteiger partial charge in [-0.1, -0.05) is 6.07 Å². The predicted octanol–water partition coefficient (Wildman–Crippen LogP) is 0.958. The number of carbonyl (C=O) groups excluding carboxylic acids is 3. The zero-order valence-corrected chi connectivity index (χ0v) is 15.3. The molecule has 2 aromatic heterocycles. The lowest BCUT2D eigenvalue weighted by Gasteiger charge is -2.31. The summed E-state index contributed by atoms with van der Waals surface area (Å²) in [6.07, 6.45) is 4.59. The van der Waals surface area contributed by atoms with Gasteiger partial charge in [-0.25, -0.2) is 0 Å². The Bertz CT molecular complexity index is 846. The van der Waals surface area contributed by atoms with E-state index in [0.717, 1.165) is 13.1 Å². The molecule has 2 atom stereocenters. The molecule has 2 aliphatic rings. The van der Waals surface area contributed by atoms with E-state index in [1.54, 1.807) is 30.6 Å². The normalized spacial score (nSPS) is 23.4. The molecule has 2 saturated heterocycles. The fourth-order valence-electron chi connectivity index (χ4n) is 3.80. The van der Waals surface area contributed by atoms with Crippen molar-refractivity contribution in [3.05, 3.63) is 54.2 Å². The Morgan fingerprint density at radius 1 is 1.14 bits per heavy atom. The van der Waals surface area contributed by atoms with Gasteiger partial charge < -0.3 is 14.1 Å². The molecule has 8 heteroatoms. The van der Waals surface area contributed by atoms with Crippen LogP contribution in [0.15, 0.2) is 47.3 Å². The summed E-state index contributed by atoms with van der Waals surface area (Å²) in [6.45, 7) is 3.83. The van der Waals surface area contributed by atoms with Crippen LogP contribution in [0.4, 0.5) is 0 Å². The average molecular weight is 383 g/mol. The van der Waals surface area contributed by atoms with Gasteiger partial charge in [0.1, 0.15) is 5.92 Å². The predicted molar refractivity (Wildman–Crippen MR) is 97.5 cm³/mol. The van der Waals surface area contributed by atoms with Crippen molar-refractivity contribution in [2.45, 2.75) is 6.04 Å². The molecule has 0 bridgehead atoms. The second-order valence-electron chi connectivity index (χ2n) is 6.87. The first kappa shape index (κ1) is 18.5. The minimum atomic E-state index is -1.13. The molecule has 2 aliphatic heterocycles. The first-order valence-corrected chi connectivity index (χ1v) is 9.29. The summed E-state index contributed by atoms with van der Waals surface area (Å²) in [7, 11) is 0. The summed E-state index contributed by atoms with van der Waals surface area (Å²) in [6, 6.07) is 5.93. The van der Waals surface area contributed by atoms with Crippen molar-refractivity contribution in [1.29, 1.82) is 0 Å². The maximum Gasteiger partial charge on any atom is 0.291 e. The molecule has 4 rings (SSSR count). The molecule has 0 saturated carbocycles. The number of likely N-dealkylation sites (tertiary alicyclic amines) is 1. The molecule has 4 heterocycles. The van der Waals surface area contributed by atoms with Crippen LogP contribution in [0.3, 0.4) is 0 Å². The first-order valence-electron chi connectivity index (χ1n) is 9.29. The van der Waals surface area contributed by atoms with E-state index in [4.69, 9.17) is 9.15 Å². The fraction of sp³-hybridized carbons (Fsp3) is 0.400. The largest absolute Gasteiger partial charge is 0.461 e. The quantitative estimate of drug-likeness (QED) is 0.417. The summed E-state index contributed by atoms with van der Waals surface area (Å²) in [5, 5.41) is 0. The molecule has 0 radical (unpaired) electrons. The van der Waals surface area contributed by atoms with Crippen molar-refractivity contribution in [2.24, 2.45) is 5.92 Å². The highest BCUT2D eigenvalue weighted by atomic mass is 16.5. The summed E-state index contributed by atoms with van der Waals surface area (Å²) < 4.78 is 10.5. The minimum absolute atomic E-state index is 0.0788. The molecular weight excluding hydrogens is 362 g/mol. The van der Waals surface area contributed by atoms with Crippen molar-refractivity contribution >= 4 is 17.5 Å². The van der Waals surface area contributed by atoms with Crippen LogP contribution in [0, 0.1) is 5.92 Å². The van der Waals surface area contributed by atoms with Gasteiger partial charge in [0.15, 0.2) is 5.76 Å². The Hall–Kier alpha value is -2.84. The average Bonchev–Trinajstić information content (AvgIpc) is 3.36. The van der Waals surface area contributed by atoms with E-state index in [9.17, 15) is 14.4 Å². The topological polar surface area (TPSA) is 93.0 Å². The number of amides is 1. The number of nitrogens with zero attached hydrogens (tertiary/aromatic N) is 3. The molecule has 0 N–H and O–H groups in total. The van der Waals surface area contributed by atoms with Gasteiger partial charge in [0, 0.05) is 38.6 Å². The molecule has 0 aromatic carbocycles. The van der Waals surface area contributed by atoms with Gasteiger partial charge in [-0.15, -0.1) is 0 Å². The number of morpholine rings is 1. The van der Waals surface area contributed by atoms with Crippen molar-refractivity contribution in [1.82, 2.24) is 14.8 Å². The smallest absolute Gasteiger partial charge is 0.291 e. The van der Waals surface area contributed by atoms with Gasteiger partial charge in [0.05, 0.1) is 25.5 Å². The third-order valence-electron chi connectivity index (χ3n) is 5.24. The van der Waals surface area contributed by atoms with Crippen LogP contribution in [0.2, 0.25) is 0 Å². The maximum atomic E-state index is 13.0. The van der Waals surface area contributed by atoms with Crippen LogP contribution >= 0.6 is 0 Å². The molecule has 2 aromatic rings. The zero-order chi connectivity index (χ0) is 19.5. The second kappa shape index (κ2) is 8.04. The van der Waals surface area contributed by atoms with E-state index >= 15 is 0 Å². The van der Waals surface area contributed by atoms with Gasteiger partial charge in [-0.05, 0) is 23.8 Å². The SMILES string of the molecule is O=C1C(=O)N(CCN2CCOCC2)C(c2cccnc2)C1C(=O)c1ccco1. The number of pyridine rings is 1. The van der Waals surface area contributed by atoms with Crippen molar-refractivity contribution in [3.8, 4) is 0 Å². The highest BCUT2D eigenvalue weighted by Gasteiger charge is 2.52. The van der Waals surface area contributed by atoms with Crippen LogP contribution < -0.4 is 0 Å². The molecule has 2 unspecified atom stereocenters. The number of hydrogen-bond donors (Lipinski definition) is 0. The van der Waals surface area contributed by atoms with E-state index in [0.29, 0.717) is 31.9 Å². The molecule has 28 heavy (non-hydrogen) atoms. The van der Waals surface area contributed by atoms with E-state index in [1.165, 1.54) is 17.2 Å². The Labute approximate surface area is 162 Å². The molecule has 146 valence electrons. The van der Waals surface area contributed by atoms with Crippen LogP contribution in [0.5, 0.6) is 0 Å². The first-order chi connectivity index (χ1) is 13.7. The third kappa shape index (κ3) is 3.48. The Balaban J connectivity index is 1.63. The van der Waals surface area contributed by atoms with Crippen LogP contribution in [-0.2, 0) is 14.3 Å². The fourth-order valence-corrected chi connectivity index (χ4v) is 3.80. The maximum absolute atomic E-state index is 13.0. The second-order valence-corrected chi connectivity index (χ2v) is 6.87. The summed E-state index contributed by atoms with van der Waals surface area (Å²) in [5.41, 5.74) is 0.661. The van der Waals surface area contributed by atoms with Crippen molar-refractivity contribution < 1.29 is 23.5 Å². The molecule has 8 nitrogen and oxygen atoms in total. The lowest BCUT2D eigenvalue weighted by atomic mass is 9.89. The number of carbonyl (C=O) groups is 3. The van der Waals surface area contributed by atoms with Crippen LogP contribution in [0.25, 0.3) is 0 Å². The number of ether oxygens (including phenoxy) is 1. The van der Waals surface area contributed by atoms with Gasteiger partial charge in [-0.3, -0.25) is 24.3 Å². The van der Waals surface area contributed by atoms with Crippen LogP contribution in [-0.4, -0.2) is 71.7 Å². The number of furan rings is 1. The van der Waals surface area contributed by atoms with E-state index in [-0.39, 0.29) is 5.76 Å². The lowest BCUT2D eigenvalue weighted by Crippen LogP contribution is -2.42. The van der Waals surface area contributed by atoms with Gasteiger partial charge in [0.25, 0.3) is 5.91 Å². The summed E-state index contributed by atoms with van der Waals surface area (Å²) in [5.74, 6) is -2.86. The molecule has 1 amide bonds. The number of rotatable bonds is 6. The van der Waals surface area contributed by atoms with Gasteiger partial charge in [-0.2, -0.15) is 0 Å². The number of hydrogen-bond acceptors (Lipinski definition) is 7. The lowest BCUT2D eigenvalue weighted by molar-refractivity contribution is -0.141. The van der Waals surface area contributed by atoms with E-state index in [1.807, 2.05) is 0 Å². The van der Waals surface area contributed by atoms with E-state index < -0.39 is 29.4 Å². The highest BCUT2D eigenvalue weighted by molar-refractivity contribution is 6.43. The zero-order valence-electron chi connectivity index (χ0n) is 15.3. The Morgan fingerprint density at radius 2 is 1.96 bits per heavy atom. The van der Waals surface area contributed by atoms with Crippen molar-refractivity contribution in [3.63, 3.8) is 0 Å². The number of Topliss-reactive ketones (excluding diaryl/α,β-unsaturated/α-hetero) is 2. The third-order valence-corrected chi connectivity index (χ3v) is 5.24. The van der Waals surface area contributed by atoms with Crippen molar-refractivity contribution in [2.75, 3.05) is 39.4 Å². The highest BCUT2D eigenvalue weighted by Crippen LogP contribution is 2.37. The molecule has 0 spiro atoms. The molecule has 2 fully saturated rings. The van der Waals surface area contributed by atoms with Gasteiger partial charge in [0.2, 0.25) is 11.6 Å².